The zero-order chi connectivity index (χ0) is 15.3. The fourth-order valence-corrected chi connectivity index (χ4v) is 2.12. The highest BCUT2D eigenvalue weighted by atomic mass is 16.4. The monoisotopic (exact) mass is 282 g/mol. The predicted molar refractivity (Wildman–Crippen MR) is 74.6 cm³/mol. The van der Waals surface area contributed by atoms with Crippen LogP contribution in [0.25, 0.3) is 0 Å². The molecule has 1 heterocycles. The second-order valence-electron chi connectivity index (χ2n) is 4.86. The van der Waals surface area contributed by atoms with Gasteiger partial charge in [-0.05, 0) is 33.3 Å². The van der Waals surface area contributed by atoms with E-state index in [0.29, 0.717) is 13.0 Å². The van der Waals surface area contributed by atoms with E-state index in [0.717, 1.165) is 17.1 Å². The summed E-state index contributed by atoms with van der Waals surface area (Å²) >= 11 is 0. The summed E-state index contributed by atoms with van der Waals surface area (Å²) in [5.41, 5.74) is 0.905. The summed E-state index contributed by atoms with van der Waals surface area (Å²) in [5.74, 6) is 0.529. The number of nitrogens with zero attached hydrogens (tertiary/aromatic N) is 1. The number of aliphatic carboxylic acids is 1. The minimum Gasteiger partial charge on any atom is -0.480 e. The Balaban J connectivity index is 2.71. The number of urea groups is 1. The minimum atomic E-state index is -1.02. The summed E-state index contributed by atoms with van der Waals surface area (Å²) in [7, 11) is 0. The molecule has 6 nitrogen and oxygen atoms in total. The molecule has 0 aliphatic rings. The van der Waals surface area contributed by atoms with Gasteiger partial charge in [-0.15, -0.1) is 0 Å². The fourth-order valence-electron chi connectivity index (χ4n) is 2.12. The van der Waals surface area contributed by atoms with Crippen LogP contribution >= 0.6 is 0 Å². The van der Waals surface area contributed by atoms with E-state index in [2.05, 4.69) is 5.32 Å². The molecule has 1 rings (SSSR count). The largest absolute Gasteiger partial charge is 0.480 e. The Kier molecular flexibility index (Phi) is 5.61. The molecule has 0 fully saturated rings. The van der Waals surface area contributed by atoms with Crippen LogP contribution in [0.5, 0.6) is 0 Å². The van der Waals surface area contributed by atoms with Crippen LogP contribution < -0.4 is 5.32 Å². The van der Waals surface area contributed by atoms with Crippen LogP contribution in [-0.4, -0.2) is 35.1 Å². The van der Waals surface area contributed by atoms with Gasteiger partial charge in [-0.3, -0.25) is 4.79 Å². The van der Waals surface area contributed by atoms with Crippen molar-refractivity contribution in [3.63, 3.8) is 0 Å². The number of amides is 2. The Morgan fingerprint density at radius 1 is 1.45 bits per heavy atom. The molecule has 6 heteroatoms. The third kappa shape index (κ3) is 4.29. The number of aryl methyl sites for hydroxylation is 2. The van der Waals surface area contributed by atoms with Gasteiger partial charge >= 0.3 is 12.0 Å². The van der Waals surface area contributed by atoms with Crippen molar-refractivity contribution in [2.24, 2.45) is 0 Å². The van der Waals surface area contributed by atoms with Crippen LogP contribution in [-0.2, 0) is 4.79 Å². The molecular weight excluding hydrogens is 260 g/mol. The minimum absolute atomic E-state index is 0.229. The van der Waals surface area contributed by atoms with Crippen molar-refractivity contribution in [3.8, 4) is 0 Å². The lowest BCUT2D eigenvalue weighted by Crippen LogP contribution is -2.44. The third-order valence-corrected chi connectivity index (χ3v) is 2.99. The average Bonchev–Trinajstić information content (AvgIpc) is 2.67. The Morgan fingerprint density at radius 2 is 2.10 bits per heavy atom. The first-order valence-electron chi connectivity index (χ1n) is 6.69. The molecular formula is C14H22N2O4. The van der Waals surface area contributed by atoms with Crippen LogP contribution in [0, 0.1) is 13.8 Å². The number of carboxylic acid groups (broad SMARTS) is 1. The molecule has 2 N–H and O–H groups in total. The summed E-state index contributed by atoms with van der Waals surface area (Å²) in [6, 6.07) is 1.27. The Hall–Kier alpha value is -1.98. The van der Waals surface area contributed by atoms with Crippen molar-refractivity contribution >= 4 is 12.0 Å². The van der Waals surface area contributed by atoms with E-state index in [4.69, 9.17) is 9.52 Å². The molecule has 0 aliphatic heterocycles. The van der Waals surface area contributed by atoms with Crippen molar-refractivity contribution in [2.45, 2.75) is 40.2 Å². The Bertz CT molecular complexity index is 482. The van der Waals surface area contributed by atoms with Gasteiger partial charge in [-0.1, -0.05) is 6.92 Å². The average molecular weight is 282 g/mol. The van der Waals surface area contributed by atoms with Gasteiger partial charge in [-0.2, -0.15) is 0 Å². The number of furan rings is 1. The zero-order valence-electron chi connectivity index (χ0n) is 12.4. The summed E-state index contributed by atoms with van der Waals surface area (Å²) < 4.78 is 5.43. The molecule has 0 saturated heterocycles. The van der Waals surface area contributed by atoms with Crippen LogP contribution in [0.4, 0.5) is 4.79 Å². The smallest absolute Gasteiger partial charge is 0.323 e. The number of nitrogens with one attached hydrogen (secondary N) is 1. The molecule has 2 amide bonds. The van der Waals surface area contributed by atoms with E-state index in [1.165, 1.54) is 4.90 Å². The van der Waals surface area contributed by atoms with E-state index in [9.17, 15) is 9.59 Å². The van der Waals surface area contributed by atoms with E-state index < -0.39 is 5.97 Å². The van der Waals surface area contributed by atoms with Crippen molar-refractivity contribution in [1.29, 1.82) is 0 Å². The summed E-state index contributed by atoms with van der Waals surface area (Å²) in [6.07, 6.45) is 0.707. The number of carbonyl (C=O) groups is 2. The quantitative estimate of drug-likeness (QED) is 0.839. The third-order valence-electron chi connectivity index (χ3n) is 2.99. The predicted octanol–water partition coefficient (Wildman–Crippen LogP) is 2.46. The summed E-state index contributed by atoms with van der Waals surface area (Å²) in [6.45, 7) is 7.55. The Morgan fingerprint density at radius 3 is 2.55 bits per heavy atom. The maximum Gasteiger partial charge on any atom is 0.323 e. The molecule has 0 spiro atoms. The van der Waals surface area contributed by atoms with Crippen LogP contribution in [0.2, 0.25) is 0 Å². The summed E-state index contributed by atoms with van der Waals surface area (Å²) in [4.78, 5) is 24.1. The molecule has 0 aromatic carbocycles. The molecule has 1 unspecified atom stereocenters. The normalized spacial score (nSPS) is 12.0. The zero-order valence-corrected chi connectivity index (χ0v) is 12.4. The SMILES string of the molecule is CCCN(CC(=O)O)C(=O)NC(C)c1cc(C)oc1C. The number of carbonyl (C=O) groups excluding carboxylic acids is 1. The molecule has 0 aliphatic carbocycles. The Labute approximate surface area is 118 Å². The van der Waals surface area contributed by atoms with Crippen LogP contribution in [0.3, 0.4) is 0 Å². The van der Waals surface area contributed by atoms with Crippen LogP contribution in [0.15, 0.2) is 10.5 Å². The number of hydrogen-bond acceptors (Lipinski definition) is 3. The van der Waals surface area contributed by atoms with Crippen molar-refractivity contribution in [3.05, 3.63) is 23.2 Å². The molecule has 20 heavy (non-hydrogen) atoms. The highest BCUT2D eigenvalue weighted by Gasteiger charge is 2.20. The highest BCUT2D eigenvalue weighted by molar-refractivity contribution is 5.80. The maximum atomic E-state index is 12.1. The molecule has 0 saturated carbocycles. The van der Waals surface area contributed by atoms with E-state index in [1.54, 1.807) is 0 Å². The number of hydrogen-bond donors (Lipinski definition) is 2. The van der Waals surface area contributed by atoms with Crippen molar-refractivity contribution < 1.29 is 19.1 Å². The van der Waals surface area contributed by atoms with Gasteiger partial charge in [0.05, 0.1) is 6.04 Å². The summed E-state index contributed by atoms with van der Waals surface area (Å²) in [5, 5.41) is 11.6. The fraction of sp³-hybridized carbons (Fsp3) is 0.571. The molecule has 0 bridgehead atoms. The van der Waals surface area contributed by atoms with Gasteiger partial charge in [0.25, 0.3) is 0 Å². The topological polar surface area (TPSA) is 82.8 Å². The van der Waals surface area contributed by atoms with Gasteiger partial charge in [0.1, 0.15) is 18.1 Å². The number of rotatable bonds is 6. The molecule has 1 atom stereocenters. The first-order valence-corrected chi connectivity index (χ1v) is 6.69. The van der Waals surface area contributed by atoms with Crippen molar-refractivity contribution in [1.82, 2.24) is 10.2 Å². The van der Waals surface area contributed by atoms with E-state index in [1.807, 2.05) is 33.8 Å². The maximum absolute atomic E-state index is 12.1. The molecule has 112 valence electrons. The molecule has 0 radical (unpaired) electrons. The standard InChI is InChI=1S/C14H22N2O4/c1-5-6-16(8-13(17)18)14(19)15-10(3)12-7-9(2)20-11(12)4/h7,10H,5-6,8H2,1-4H3,(H,15,19)(H,17,18). The molecule has 1 aromatic rings. The second kappa shape index (κ2) is 6.98. The van der Waals surface area contributed by atoms with E-state index >= 15 is 0 Å². The van der Waals surface area contributed by atoms with E-state index in [-0.39, 0.29) is 18.6 Å². The second-order valence-corrected chi connectivity index (χ2v) is 4.86. The molecule has 1 aromatic heterocycles. The van der Waals surface area contributed by atoms with Gasteiger partial charge in [0, 0.05) is 12.1 Å². The number of carboxylic acids is 1. The highest BCUT2D eigenvalue weighted by Crippen LogP contribution is 2.21. The van der Waals surface area contributed by atoms with Gasteiger partial charge in [0.2, 0.25) is 0 Å². The first-order chi connectivity index (χ1) is 9.35. The van der Waals surface area contributed by atoms with Crippen LogP contribution in [0.1, 0.15) is 43.4 Å². The lowest BCUT2D eigenvalue weighted by molar-refractivity contribution is -0.137. The first kappa shape index (κ1) is 16.1. The van der Waals surface area contributed by atoms with Crippen molar-refractivity contribution in [2.75, 3.05) is 13.1 Å². The lowest BCUT2D eigenvalue weighted by atomic mass is 10.1. The van der Waals surface area contributed by atoms with Gasteiger partial charge in [-0.25, -0.2) is 4.79 Å². The van der Waals surface area contributed by atoms with Gasteiger partial charge < -0.3 is 19.7 Å². The van der Waals surface area contributed by atoms with Gasteiger partial charge in [0.15, 0.2) is 0 Å². The lowest BCUT2D eigenvalue weighted by Gasteiger charge is -2.23.